The van der Waals surface area contributed by atoms with Crippen LogP contribution < -0.4 is 10.1 Å². The second-order valence-corrected chi connectivity index (χ2v) is 7.61. The van der Waals surface area contributed by atoms with Crippen LogP contribution in [0.2, 0.25) is 0 Å². The largest absolute Gasteiger partial charge is 0.488 e. The lowest BCUT2D eigenvalue weighted by Crippen LogP contribution is -2.49. The van der Waals surface area contributed by atoms with Crippen LogP contribution in [0.4, 0.5) is 0 Å². The van der Waals surface area contributed by atoms with Crippen LogP contribution in [-0.4, -0.2) is 42.1 Å². The van der Waals surface area contributed by atoms with Crippen molar-refractivity contribution in [2.75, 3.05) is 7.11 Å². The molecule has 144 valence electrons. The molecule has 0 radical (unpaired) electrons. The lowest BCUT2D eigenvalue weighted by molar-refractivity contribution is -0.126. The fourth-order valence-corrected chi connectivity index (χ4v) is 4.35. The van der Waals surface area contributed by atoms with Gasteiger partial charge < -0.3 is 19.7 Å². The summed E-state index contributed by atoms with van der Waals surface area (Å²) in [6.07, 6.45) is 5.78. The van der Waals surface area contributed by atoms with Crippen molar-refractivity contribution in [3.8, 4) is 5.75 Å². The summed E-state index contributed by atoms with van der Waals surface area (Å²) in [4.78, 5) is 26.7. The molecule has 2 fully saturated rings. The highest BCUT2D eigenvalue weighted by Gasteiger charge is 2.38. The molecule has 3 atom stereocenters. The molecule has 6 heteroatoms. The van der Waals surface area contributed by atoms with Crippen LogP contribution in [0, 0.1) is 0 Å². The Balaban J connectivity index is 1.49. The van der Waals surface area contributed by atoms with Gasteiger partial charge in [0.2, 0.25) is 5.91 Å². The first-order valence-electron chi connectivity index (χ1n) is 9.69. The van der Waals surface area contributed by atoms with Crippen LogP contribution >= 0.6 is 0 Å². The van der Waals surface area contributed by atoms with Crippen molar-refractivity contribution < 1.29 is 19.1 Å². The number of fused-ring (bicyclic) bond motifs is 1. The third-order valence-electron chi connectivity index (χ3n) is 5.84. The van der Waals surface area contributed by atoms with Gasteiger partial charge in [0.1, 0.15) is 17.9 Å². The zero-order chi connectivity index (χ0) is 19.0. The molecule has 1 saturated carbocycles. The van der Waals surface area contributed by atoms with Crippen molar-refractivity contribution in [2.45, 2.75) is 63.3 Å². The maximum absolute atomic E-state index is 12.8. The van der Waals surface area contributed by atoms with Crippen molar-refractivity contribution in [3.63, 3.8) is 0 Å². The molecule has 1 N–H and O–H groups in total. The Bertz CT molecular complexity index is 775. The van der Waals surface area contributed by atoms with Crippen LogP contribution in [-0.2, 0) is 16.1 Å². The lowest BCUT2D eigenvalue weighted by atomic mass is 9.94. The maximum Gasteiger partial charge on any atom is 0.255 e. The second kappa shape index (κ2) is 7.35. The Morgan fingerprint density at radius 2 is 1.93 bits per heavy atom. The number of rotatable bonds is 4. The summed E-state index contributed by atoms with van der Waals surface area (Å²) in [6, 6.07) is 5.17. The van der Waals surface area contributed by atoms with E-state index in [0.29, 0.717) is 24.9 Å². The molecule has 6 nitrogen and oxygen atoms in total. The second-order valence-electron chi connectivity index (χ2n) is 7.61. The van der Waals surface area contributed by atoms with E-state index in [1.54, 1.807) is 12.0 Å². The molecule has 27 heavy (non-hydrogen) atoms. The predicted molar refractivity (Wildman–Crippen MR) is 100 cm³/mol. The number of nitrogens with zero attached hydrogens (tertiary/aromatic N) is 1. The number of piperidine rings is 1. The van der Waals surface area contributed by atoms with Gasteiger partial charge in [0.25, 0.3) is 5.91 Å². The molecule has 0 aromatic heterocycles. The Kier molecular flexibility index (Phi) is 4.91. The zero-order valence-electron chi connectivity index (χ0n) is 15.7. The van der Waals surface area contributed by atoms with Crippen molar-refractivity contribution in [1.82, 2.24) is 10.2 Å². The molecular formula is C21H26N2O4. The van der Waals surface area contributed by atoms with Crippen molar-refractivity contribution in [2.24, 2.45) is 0 Å². The van der Waals surface area contributed by atoms with Gasteiger partial charge in [-0.15, -0.1) is 0 Å². The van der Waals surface area contributed by atoms with Crippen LogP contribution in [0.3, 0.4) is 0 Å². The van der Waals surface area contributed by atoms with Gasteiger partial charge in [-0.1, -0.05) is 13.0 Å². The molecule has 2 aliphatic heterocycles. The SMILES string of the molecule is C=C1CCC(N2Cc3cc(O[C@H]4CCCC[C@@H]4OC)ccc3C2=O)C(=O)N1. The van der Waals surface area contributed by atoms with Crippen molar-refractivity contribution >= 4 is 11.8 Å². The summed E-state index contributed by atoms with van der Waals surface area (Å²) in [6.45, 7) is 4.24. The normalized spacial score (nSPS) is 28.1. The Morgan fingerprint density at radius 3 is 2.67 bits per heavy atom. The van der Waals surface area contributed by atoms with E-state index in [-0.39, 0.29) is 24.0 Å². The molecule has 1 aromatic carbocycles. The van der Waals surface area contributed by atoms with Gasteiger partial charge in [0.05, 0.1) is 6.10 Å². The minimum Gasteiger partial charge on any atom is -0.488 e. The third-order valence-corrected chi connectivity index (χ3v) is 5.84. The van der Waals surface area contributed by atoms with E-state index >= 15 is 0 Å². The number of ether oxygens (including phenoxy) is 2. The summed E-state index contributed by atoms with van der Waals surface area (Å²) >= 11 is 0. The van der Waals surface area contributed by atoms with E-state index in [1.807, 2.05) is 18.2 Å². The fraction of sp³-hybridized carbons (Fsp3) is 0.524. The highest BCUT2D eigenvalue weighted by molar-refractivity contribution is 6.01. The standard InChI is InChI=1S/C21H26N2O4/c1-13-7-10-17(20(24)22-13)23-12-14-11-15(8-9-16(14)21(23)25)27-19-6-4-3-5-18(19)26-2/h8-9,11,17-19H,1,3-7,10,12H2,2H3,(H,22,24)/t17?,18-,19-/m0/s1. The Labute approximate surface area is 159 Å². The van der Waals surface area contributed by atoms with Crippen LogP contribution in [0.15, 0.2) is 30.5 Å². The number of allylic oxidation sites excluding steroid dienone is 1. The Hall–Kier alpha value is -2.34. The molecule has 1 saturated heterocycles. The van der Waals surface area contributed by atoms with E-state index in [2.05, 4.69) is 11.9 Å². The lowest BCUT2D eigenvalue weighted by Gasteiger charge is -2.31. The molecule has 1 aromatic rings. The zero-order valence-corrected chi connectivity index (χ0v) is 15.7. The van der Waals surface area contributed by atoms with Crippen LogP contribution in [0.5, 0.6) is 5.75 Å². The summed E-state index contributed by atoms with van der Waals surface area (Å²) in [7, 11) is 1.73. The Morgan fingerprint density at radius 1 is 1.15 bits per heavy atom. The number of amides is 2. The number of carbonyl (C=O) groups excluding carboxylic acids is 2. The average molecular weight is 370 g/mol. The first-order valence-corrected chi connectivity index (χ1v) is 9.69. The van der Waals surface area contributed by atoms with Gasteiger partial charge >= 0.3 is 0 Å². The van der Waals surface area contributed by atoms with Crippen molar-refractivity contribution in [1.29, 1.82) is 0 Å². The summed E-state index contributed by atoms with van der Waals surface area (Å²) in [5.41, 5.74) is 2.29. The number of carbonyl (C=O) groups is 2. The minimum absolute atomic E-state index is 0.0464. The smallest absolute Gasteiger partial charge is 0.255 e. The molecule has 0 bridgehead atoms. The summed E-state index contributed by atoms with van der Waals surface area (Å²) < 4.78 is 11.8. The van der Waals surface area contributed by atoms with E-state index in [4.69, 9.17) is 9.47 Å². The van der Waals surface area contributed by atoms with Gasteiger partial charge in [0, 0.05) is 24.9 Å². The molecular weight excluding hydrogens is 344 g/mol. The molecule has 1 unspecified atom stereocenters. The van der Waals surface area contributed by atoms with E-state index in [9.17, 15) is 9.59 Å². The quantitative estimate of drug-likeness (QED) is 0.885. The highest BCUT2D eigenvalue weighted by atomic mass is 16.5. The molecule has 4 rings (SSSR count). The molecule has 2 amide bonds. The van der Waals surface area contributed by atoms with Gasteiger partial charge in [0.15, 0.2) is 0 Å². The predicted octanol–water partition coefficient (Wildman–Crippen LogP) is 2.77. The number of benzene rings is 1. The topological polar surface area (TPSA) is 67.9 Å². The first-order chi connectivity index (χ1) is 13.1. The summed E-state index contributed by atoms with van der Waals surface area (Å²) in [5, 5.41) is 2.76. The number of hydrogen-bond donors (Lipinski definition) is 1. The average Bonchev–Trinajstić information content (AvgIpc) is 2.98. The number of hydrogen-bond acceptors (Lipinski definition) is 4. The number of methoxy groups -OCH3 is 1. The van der Waals surface area contributed by atoms with Crippen LogP contribution in [0.1, 0.15) is 54.4 Å². The molecule has 3 aliphatic rings. The number of nitrogens with one attached hydrogen (secondary N) is 1. The van der Waals surface area contributed by atoms with Crippen LogP contribution in [0.25, 0.3) is 0 Å². The van der Waals surface area contributed by atoms with E-state index in [1.165, 1.54) is 6.42 Å². The summed E-state index contributed by atoms with van der Waals surface area (Å²) in [5.74, 6) is 0.532. The molecule has 2 heterocycles. The van der Waals surface area contributed by atoms with Gasteiger partial charge in [-0.2, -0.15) is 0 Å². The molecule has 1 aliphatic carbocycles. The van der Waals surface area contributed by atoms with Gasteiger partial charge in [-0.05, 0) is 55.9 Å². The highest BCUT2D eigenvalue weighted by Crippen LogP contribution is 2.32. The maximum atomic E-state index is 12.8. The van der Waals surface area contributed by atoms with E-state index in [0.717, 1.165) is 36.3 Å². The van der Waals surface area contributed by atoms with Gasteiger partial charge in [-0.25, -0.2) is 0 Å². The third kappa shape index (κ3) is 3.46. The fourth-order valence-electron chi connectivity index (χ4n) is 4.35. The molecule has 0 spiro atoms. The van der Waals surface area contributed by atoms with Gasteiger partial charge in [-0.3, -0.25) is 9.59 Å². The van der Waals surface area contributed by atoms with Crippen molar-refractivity contribution in [3.05, 3.63) is 41.6 Å². The first kappa shape index (κ1) is 18.0. The monoisotopic (exact) mass is 370 g/mol. The van der Waals surface area contributed by atoms with E-state index < -0.39 is 6.04 Å². The minimum atomic E-state index is -0.434.